The Bertz CT molecular complexity index is 400. The summed E-state index contributed by atoms with van der Waals surface area (Å²) in [5.74, 6) is 0.723. The summed E-state index contributed by atoms with van der Waals surface area (Å²) in [6, 6.07) is 6.69. The van der Waals surface area contributed by atoms with Crippen LogP contribution in [0.2, 0.25) is 5.02 Å². The van der Waals surface area contributed by atoms with Gasteiger partial charge in [0.2, 0.25) is 0 Å². The first kappa shape index (κ1) is 15.3. The van der Waals surface area contributed by atoms with Crippen molar-refractivity contribution in [2.75, 3.05) is 6.54 Å². The monoisotopic (exact) mass is 343 g/mol. The van der Waals surface area contributed by atoms with E-state index in [2.05, 4.69) is 40.3 Å². The number of benzene rings is 1. The van der Waals surface area contributed by atoms with Crippen molar-refractivity contribution < 1.29 is 0 Å². The molecule has 0 saturated heterocycles. The topological polar surface area (TPSA) is 12.0 Å². The molecule has 1 atom stereocenters. The third kappa shape index (κ3) is 4.21. The lowest BCUT2D eigenvalue weighted by atomic mass is 9.87. The van der Waals surface area contributed by atoms with Crippen molar-refractivity contribution in [2.24, 2.45) is 5.92 Å². The molecule has 1 unspecified atom stereocenters. The Morgan fingerprint density at radius 1 is 1.26 bits per heavy atom. The van der Waals surface area contributed by atoms with Crippen molar-refractivity contribution in [3.63, 3.8) is 0 Å². The van der Waals surface area contributed by atoms with Gasteiger partial charge in [0, 0.05) is 15.5 Å². The first-order valence-corrected chi connectivity index (χ1v) is 8.57. The molecule has 0 heterocycles. The van der Waals surface area contributed by atoms with Gasteiger partial charge in [-0.2, -0.15) is 0 Å². The number of nitrogens with one attached hydrogen (secondary N) is 1. The zero-order valence-electron chi connectivity index (χ0n) is 11.6. The van der Waals surface area contributed by atoms with Crippen molar-refractivity contribution >= 4 is 27.5 Å². The summed E-state index contributed by atoms with van der Waals surface area (Å²) >= 11 is 9.94. The highest BCUT2D eigenvalue weighted by Crippen LogP contribution is 2.37. The molecular weight excluding hydrogens is 322 g/mol. The highest BCUT2D eigenvalue weighted by atomic mass is 79.9. The summed E-state index contributed by atoms with van der Waals surface area (Å²) in [6.45, 7) is 3.17. The molecule has 0 radical (unpaired) electrons. The van der Waals surface area contributed by atoms with Gasteiger partial charge in [0.25, 0.3) is 0 Å². The standard InChI is InChI=1S/C16H23BrClN/c1-2-19-16(12-7-5-3-4-6-8-12)14-10-9-13(17)11-15(14)18/h9-12,16,19H,2-8H2,1H3. The van der Waals surface area contributed by atoms with Gasteiger partial charge in [-0.1, -0.05) is 66.2 Å². The van der Waals surface area contributed by atoms with Gasteiger partial charge in [-0.05, 0) is 43.0 Å². The Morgan fingerprint density at radius 2 is 1.95 bits per heavy atom. The summed E-state index contributed by atoms with van der Waals surface area (Å²) in [7, 11) is 0. The van der Waals surface area contributed by atoms with Crippen LogP contribution in [0.25, 0.3) is 0 Å². The molecule has 2 rings (SSSR count). The minimum atomic E-state index is 0.406. The average molecular weight is 345 g/mol. The SMILES string of the molecule is CCNC(c1ccc(Br)cc1Cl)C1CCCCCC1. The minimum absolute atomic E-state index is 0.406. The van der Waals surface area contributed by atoms with E-state index in [0.29, 0.717) is 6.04 Å². The van der Waals surface area contributed by atoms with Crippen LogP contribution >= 0.6 is 27.5 Å². The van der Waals surface area contributed by atoms with E-state index in [1.807, 2.05) is 6.07 Å². The number of rotatable bonds is 4. The molecule has 19 heavy (non-hydrogen) atoms. The Kier molecular flexibility index (Phi) is 6.18. The van der Waals surface area contributed by atoms with Gasteiger partial charge in [0.15, 0.2) is 0 Å². The molecule has 0 aliphatic heterocycles. The Labute approximate surface area is 130 Å². The van der Waals surface area contributed by atoms with E-state index in [9.17, 15) is 0 Å². The van der Waals surface area contributed by atoms with Crippen molar-refractivity contribution in [2.45, 2.75) is 51.5 Å². The summed E-state index contributed by atoms with van der Waals surface area (Å²) in [4.78, 5) is 0. The van der Waals surface area contributed by atoms with Crippen molar-refractivity contribution in [3.8, 4) is 0 Å². The predicted molar refractivity (Wildman–Crippen MR) is 86.8 cm³/mol. The minimum Gasteiger partial charge on any atom is -0.310 e. The van der Waals surface area contributed by atoms with Gasteiger partial charge in [-0.15, -0.1) is 0 Å². The van der Waals surface area contributed by atoms with E-state index in [-0.39, 0.29) is 0 Å². The second-order valence-electron chi connectivity index (χ2n) is 5.45. The van der Waals surface area contributed by atoms with Gasteiger partial charge in [0.05, 0.1) is 0 Å². The highest BCUT2D eigenvalue weighted by Gasteiger charge is 2.25. The van der Waals surface area contributed by atoms with Gasteiger partial charge in [-0.25, -0.2) is 0 Å². The molecule has 3 heteroatoms. The second kappa shape index (κ2) is 7.66. The van der Waals surface area contributed by atoms with Crippen molar-refractivity contribution in [1.82, 2.24) is 5.32 Å². The van der Waals surface area contributed by atoms with E-state index < -0.39 is 0 Å². The smallest absolute Gasteiger partial charge is 0.0465 e. The molecule has 1 saturated carbocycles. The van der Waals surface area contributed by atoms with E-state index in [1.165, 1.54) is 44.1 Å². The first-order chi connectivity index (χ1) is 9.22. The average Bonchev–Trinajstić information content (AvgIpc) is 2.65. The van der Waals surface area contributed by atoms with Crippen LogP contribution in [0.3, 0.4) is 0 Å². The van der Waals surface area contributed by atoms with Crippen LogP contribution in [0.15, 0.2) is 22.7 Å². The van der Waals surface area contributed by atoms with Crippen LogP contribution < -0.4 is 5.32 Å². The maximum Gasteiger partial charge on any atom is 0.0465 e. The number of hydrogen-bond acceptors (Lipinski definition) is 1. The van der Waals surface area contributed by atoms with Crippen molar-refractivity contribution in [1.29, 1.82) is 0 Å². The van der Waals surface area contributed by atoms with Gasteiger partial charge < -0.3 is 5.32 Å². The molecule has 0 bridgehead atoms. The molecule has 0 amide bonds. The molecule has 1 aliphatic carbocycles. The van der Waals surface area contributed by atoms with Crippen LogP contribution in [-0.4, -0.2) is 6.54 Å². The molecule has 1 aromatic rings. The molecule has 0 spiro atoms. The molecule has 106 valence electrons. The van der Waals surface area contributed by atoms with Crippen LogP contribution in [0.5, 0.6) is 0 Å². The lowest BCUT2D eigenvalue weighted by Crippen LogP contribution is -2.28. The molecular formula is C16H23BrClN. The molecule has 1 N–H and O–H groups in total. The quantitative estimate of drug-likeness (QED) is 0.688. The van der Waals surface area contributed by atoms with Crippen LogP contribution in [0, 0.1) is 5.92 Å². The molecule has 1 aliphatic rings. The second-order valence-corrected chi connectivity index (χ2v) is 6.78. The fourth-order valence-corrected chi connectivity index (χ4v) is 3.94. The van der Waals surface area contributed by atoms with Crippen molar-refractivity contribution in [3.05, 3.63) is 33.3 Å². The zero-order valence-corrected chi connectivity index (χ0v) is 13.9. The van der Waals surface area contributed by atoms with Gasteiger partial charge in [-0.3, -0.25) is 0 Å². The van der Waals surface area contributed by atoms with E-state index in [4.69, 9.17) is 11.6 Å². The summed E-state index contributed by atoms with van der Waals surface area (Å²) in [6.07, 6.45) is 8.16. The highest BCUT2D eigenvalue weighted by molar-refractivity contribution is 9.10. The van der Waals surface area contributed by atoms with Gasteiger partial charge >= 0.3 is 0 Å². The fraction of sp³-hybridized carbons (Fsp3) is 0.625. The fourth-order valence-electron chi connectivity index (χ4n) is 3.15. The Hall–Kier alpha value is -0.0500. The summed E-state index contributed by atoms with van der Waals surface area (Å²) < 4.78 is 1.05. The molecule has 0 aromatic heterocycles. The van der Waals surface area contributed by atoms with E-state index >= 15 is 0 Å². The third-order valence-corrected chi connectivity index (χ3v) is 4.91. The molecule has 1 aromatic carbocycles. The maximum atomic E-state index is 6.45. The maximum absolute atomic E-state index is 6.45. The normalized spacial score (nSPS) is 19.1. The van der Waals surface area contributed by atoms with E-state index in [1.54, 1.807) is 0 Å². The summed E-state index contributed by atoms with van der Waals surface area (Å²) in [5.41, 5.74) is 1.26. The lowest BCUT2D eigenvalue weighted by molar-refractivity contribution is 0.330. The third-order valence-electron chi connectivity index (χ3n) is 4.09. The largest absolute Gasteiger partial charge is 0.310 e. The van der Waals surface area contributed by atoms with Crippen LogP contribution in [0.4, 0.5) is 0 Å². The zero-order chi connectivity index (χ0) is 13.7. The van der Waals surface area contributed by atoms with Crippen LogP contribution in [-0.2, 0) is 0 Å². The predicted octanol–water partition coefficient (Wildman–Crippen LogP) is 5.72. The lowest BCUT2D eigenvalue weighted by Gasteiger charge is -2.28. The first-order valence-electron chi connectivity index (χ1n) is 7.40. The number of hydrogen-bond donors (Lipinski definition) is 1. The summed E-state index contributed by atoms with van der Waals surface area (Å²) in [5, 5.41) is 4.54. The van der Waals surface area contributed by atoms with Crippen LogP contribution in [0.1, 0.15) is 57.1 Å². The number of halogens is 2. The molecule has 1 fully saturated rings. The Balaban J connectivity index is 2.22. The molecule has 1 nitrogen and oxygen atoms in total. The van der Waals surface area contributed by atoms with Gasteiger partial charge in [0.1, 0.15) is 0 Å². The van der Waals surface area contributed by atoms with E-state index in [0.717, 1.165) is 22.0 Å². The Morgan fingerprint density at radius 3 is 2.53 bits per heavy atom.